The van der Waals surface area contributed by atoms with Crippen LogP contribution in [0.25, 0.3) is 0 Å². The van der Waals surface area contributed by atoms with Crippen LogP contribution in [0.2, 0.25) is 0 Å². The standard InChI is InChI=1S/C25H28N4O4/c1-15(26)20(10-8-16-5-3-2-4-6-16)27-14-17-7-9-18-19(13-17)25(33)29(24(18)32)21-11-12-22(30)28-23(21)31/h2-7,9,13,15,20-21,27H,8,10-12,14,26H2,1H3,(H,28,30,31). The molecule has 2 aliphatic heterocycles. The summed E-state index contributed by atoms with van der Waals surface area (Å²) < 4.78 is 0. The van der Waals surface area contributed by atoms with Crippen LogP contribution in [0, 0.1) is 0 Å². The van der Waals surface area contributed by atoms with E-state index in [0.717, 1.165) is 23.3 Å². The van der Waals surface area contributed by atoms with Crippen molar-refractivity contribution in [1.29, 1.82) is 0 Å². The minimum absolute atomic E-state index is 0.0608. The molecule has 3 atom stereocenters. The highest BCUT2D eigenvalue weighted by atomic mass is 16.2. The molecule has 2 aromatic rings. The maximum Gasteiger partial charge on any atom is 0.262 e. The van der Waals surface area contributed by atoms with Gasteiger partial charge in [-0.3, -0.25) is 29.4 Å². The Morgan fingerprint density at radius 2 is 1.76 bits per heavy atom. The Labute approximate surface area is 192 Å². The van der Waals surface area contributed by atoms with E-state index in [1.165, 1.54) is 5.56 Å². The average Bonchev–Trinajstić information content (AvgIpc) is 3.04. The summed E-state index contributed by atoms with van der Waals surface area (Å²) >= 11 is 0. The normalized spacial score (nSPS) is 19.9. The predicted molar refractivity (Wildman–Crippen MR) is 122 cm³/mol. The smallest absolute Gasteiger partial charge is 0.262 e. The molecule has 33 heavy (non-hydrogen) atoms. The van der Waals surface area contributed by atoms with Gasteiger partial charge in [-0.15, -0.1) is 0 Å². The van der Waals surface area contributed by atoms with Gasteiger partial charge in [-0.2, -0.15) is 0 Å². The van der Waals surface area contributed by atoms with E-state index in [9.17, 15) is 19.2 Å². The summed E-state index contributed by atoms with van der Waals surface area (Å²) in [6, 6.07) is 14.4. The van der Waals surface area contributed by atoms with Gasteiger partial charge in [-0.1, -0.05) is 36.4 Å². The number of aryl methyl sites for hydroxylation is 1. The van der Waals surface area contributed by atoms with E-state index in [2.05, 4.69) is 22.8 Å². The third-order valence-electron chi connectivity index (χ3n) is 6.29. The fourth-order valence-electron chi connectivity index (χ4n) is 4.39. The molecule has 1 saturated heterocycles. The zero-order valence-corrected chi connectivity index (χ0v) is 18.5. The third-order valence-corrected chi connectivity index (χ3v) is 6.29. The van der Waals surface area contributed by atoms with Crippen LogP contribution in [-0.4, -0.2) is 46.7 Å². The molecular weight excluding hydrogens is 420 g/mol. The summed E-state index contributed by atoms with van der Waals surface area (Å²) in [5.74, 6) is -2.00. The molecule has 8 nitrogen and oxygen atoms in total. The molecule has 4 rings (SSSR count). The number of carbonyl (C=O) groups is 4. The lowest BCUT2D eigenvalue weighted by Gasteiger charge is -2.27. The van der Waals surface area contributed by atoms with Crippen molar-refractivity contribution in [2.45, 2.75) is 57.3 Å². The van der Waals surface area contributed by atoms with E-state index in [0.29, 0.717) is 6.54 Å². The summed E-state index contributed by atoms with van der Waals surface area (Å²) in [4.78, 5) is 50.4. The SMILES string of the molecule is CC(N)C(CCc1ccccc1)NCc1ccc2c(c1)C(=O)N(C1CCC(=O)NC1=O)C2=O. The lowest BCUT2D eigenvalue weighted by molar-refractivity contribution is -0.136. The number of nitrogens with two attached hydrogens (primary N) is 1. The van der Waals surface area contributed by atoms with Gasteiger partial charge in [0.05, 0.1) is 11.1 Å². The molecule has 2 aromatic carbocycles. The monoisotopic (exact) mass is 448 g/mol. The number of hydrogen-bond acceptors (Lipinski definition) is 6. The van der Waals surface area contributed by atoms with E-state index in [-0.39, 0.29) is 36.1 Å². The third kappa shape index (κ3) is 4.86. The Balaban J connectivity index is 1.43. The van der Waals surface area contributed by atoms with E-state index < -0.39 is 29.7 Å². The molecule has 1 fully saturated rings. The molecule has 8 heteroatoms. The van der Waals surface area contributed by atoms with Crippen LogP contribution in [0.1, 0.15) is 58.0 Å². The van der Waals surface area contributed by atoms with Crippen LogP contribution >= 0.6 is 0 Å². The second-order valence-electron chi connectivity index (χ2n) is 8.70. The van der Waals surface area contributed by atoms with Crippen LogP contribution < -0.4 is 16.4 Å². The molecule has 4 N–H and O–H groups in total. The number of fused-ring (bicyclic) bond motifs is 1. The van der Waals surface area contributed by atoms with E-state index >= 15 is 0 Å². The summed E-state index contributed by atoms with van der Waals surface area (Å²) in [5, 5.41) is 5.68. The van der Waals surface area contributed by atoms with Crippen molar-refractivity contribution in [2.24, 2.45) is 5.73 Å². The first-order valence-corrected chi connectivity index (χ1v) is 11.2. The van der Waals surface area contributed by atoms with Gasteiger partial charge in [-0.05, 0) is 49.4 Å². The molecule has 0 aromatic heterocycles. The molecule has 172 valence electrons. The number of piperidine rings is 1. The number of hydrogen-bond donors (Lipinski definition) is 3. The van der Waals surface area contributed by atoms with Gasteiger partial charge in [0.25, 0.3) is 11.8 Å². The minimum Gasteiger partial charge on any atom is -0.327 e. The summed E-state index contributed by atoms with van der Waals surface area (Å²) in [5.41, 5.74) is 8.85. The number of carbonyl (C=O) groups excluding carboxylic acids is 4. The molecule has 2 heterocycles. The molecule has 4 amide bonds. The Hall–Kier alpha value is -3.36. The fourth-order valence-corrected chi connectivity index (χ4v) is 4.39. The summed E-state index contributed by atoms with van der Waals surface area (Å²) in [7, 11) is 0. The first-order chi connectivity index (χ1) is 15.8. The van der Waals surface area contributed by atoms with Gasteiger partial charge in [0.1, 0.15) is 6.04 Å². The highest BCUT2D eigenvalue weighted by Crippen LogP contribution is 2.28. The largest absolute Gasteiger partial charge is 0.327 e. The lowest BCUT2D eigenvalue weighted by atomic mass is 10.00. The summed E-state index contributed by atoms with van der Waals surface area (Å²) in [6.45, 7) is 2.46. The van der Waals surface area contributed by atoms with Crippen molar-refractivity contribution in [2.75, 3.05) is 0 Å². The van der Waals surface area contributed by atoms with Crippen molar-refractivity contribution >= 4 is 23.6 Å². The van der Waals surface area contributed by atoms with E-state index in [4.69, 9.17) is 5.73 Å². The fraction of sp³-hybridized carbons (Fsp3) is 0.360. The van der Waals surface area contributed by atoms with Crippen molar-refractivity contribution < 1.29 is 19.2 Å². The second-order valence-corrected chi connectivity index (χ2v) is 8.70. The first kappa shape index (κ1) is 22.8. The Morgan fingerprint density at radius 3 is 2.45 bits per heavy atom. The molecule has 0 saturated carbocycles. The van der Waals surface area contributed by atoms with Crippen LogP contribution in [0.15, 0.2) is 48.5 Å². The molecule has 0 radical (unpaired) electrons. The molecular formula is C25H28N4O4. The molecule has 3 unspecified atom stereocenters. The molecule has 0 aliphatic carbocycles. The maximum absolute atomic E-state index is 13.0. The van der Waals surface area contributed by atoms with Crippen molar-refractivity contribution in [1.82, 2.24) is 15.5 Å². The highest BCUT2D eigenvalue weighted by molar-refractivity contribution is 6.23. The predicted octanol–water partition coefficient (Wildman–Crippen LogP) is 1.53. The van der Waals surface area contributed by atoms with Gasteiger partial charge in [0.2, 0.25) is 11.8 Å². The van der Waals surface area contributed by atoms with Gasteiger partial charge in [-0.25, -0.2) is 0 Å². The van der Waals surface area contributed by atoms with Gasteiger partial charge in [0.15, 0.2) is 0 Å². The van der Waals surface area contributed by atoms with Gasteiger partial charge in [0, 0.05) is 25.0 Å². The number of nitrogens with zero attached hydrogens (tertiary/aromatic N) is 1. The number of imide groups is 2. The van der Waals surface area contributed by atoms with Crippen LogP contribution in [-0.2, 0) is 22.6 Å². The quantitative estimate of drug-likeness (QED) is 0.527. The average molecular weight is 449 g/mol. The zero-order valence-electron chi connectivity index (χ0n) is 18.5. The Morgan fingerprint density at radius 1 is 1.03 bits per heavy atom. The number of nitrogens with one attached hydrogen (secondary N) is 2. The summed E-state index contributed by atoms with van der Waals surface area (Å²) in [6.07, 6.45) is 2.01. The molecule has 0 bridgehead atoms. The maximum atomic E-state index is 13.0. The lowest BCUT2D eigenvalue weighted by Crippen LogP contribution is -2.54. The second kappa shape index (κ2) is 9.64. The van der Waals surface area contributed by atoms with Crippen molar-refractivity contribution in [3.8, 4) is 0 Å². The highest BCUT2D eigenvalue weighted by Gasteiger charge is 2.44. The Bertz CT molecular complexity index is 1080. The van der Waals surface area contributed by atoms with Crippen LogP contribution in [0.5, 0.6) is 0 Å². The number of rotatable bonds is 8. The van der Waals surface area contributed by atoms with Gasteiger partial charge < -0.3 is 11.1 Å². The first-order valence-electron chi connectivity index (χ1n) is 11.2. The van der Waals surface area contributed by atoms with Gasteiger partial charge >= 0.3 is 0 Å². The molecule has 0 spiro atoms. The number of benzene rings is 2. The van der Waals surface area contributed by atoms with E-state index in [1.54, 1.807) is 18.2 Å². The van der Waals surface area contributed by atoms with Crippen LogP contribution in [0.3, 0.4) is 0 Å². The topological polar surface area (TPSA) is 122 Å². The molecule has 2 aliphatic rings. The van der Waals surface area contributed by atoms with Crippen molar-refractivity contribution in [3.05, 3.63) is 70.8 Å². The minimum atomic E-state index is -0.961. The number of amides is 4. The zero-order chi connectivity index (χ0) is 23.5. The Kier molecular flexibility index (Phi) is 6.67. The van der Waals surface area contributed by atoms with Crippen LogP contribution in [0.4, 0.5) is 0 Å². The van der Waals surface area contributed by atoms with Crippen molar-refractivity contribution in [3.63, 3.8) is 0 Å². The van der Waals surface area contributed by atoms with E-state index in [1.807, 2.05) is 25.1 Å².